The van der Waals surface area contributed by atoms with Crippen LogP contribution in [-0.2, 0) is 4.74 Å². The van der Waals surface area contributed by atoms with Crippen LogP contribution in [0.15, 0.2) is 29.6 Å². The van der Waals surface area contributed by atoms with E-state index >= 15 is 0 Å². The maximum absolute atomic E-state index is 6.68. The molecular formula is C17H23NOS. The van der Waals surface area contributed by atoms with Gasteiger partial charge in [-0.3, -0.25) is 0 Å². The second kappa shape index (κ2) is 5.47. The predicted molar refractivity (Wildman–Crippen MR) is 86.1 cm³/mol. The van der Waals surface area contributed by atoms with Crippen molar-refractivity contribution in [3.63, 3.8) is 0 Å². The smallest absolute Gasteiger partial charge is 0.0873 e. The monoisotopic (exact) mass is 289 g/mol. The molecule has 0 bridgehead atoms. The lowest BCUT2D eigenvalue weighted by Gasteiger charge is -2.43. The number of ether oxygens (including phenoxy) is 1. The van der Waals surface area contributed by atoms with Crippen LogP contribution in [0.5, 0.6) is 0 Å². The first-order chi connectivity index (χ1) is 9.66. The summed E-state index contributed by atoms with van der Waals surface area (Å²) >= 11 is 1.78. The van der Waals surface area contributed by atoms with Gasteiger partial charge in [-0.1, -0.05) is 38.0 Å². The molecule has 20 heavy (non-hydrogen) atoms. The summed E-state index contributed by atoms with van der Waals surface area (Å²) in [5.41, 5.74) is 7.73. The number of hydrogen-bond acceptors (Lipinski definition) is 3. The van der Waals surface area contributed by atoms with Crippen molar-refractivity contribution in [3.05, 3.63) is 35.2 Å². The first kappa shape index (κ1) is 14.1. The second-order valence-corrected chi connectivity index (χ2v) is 7.05. The minimum atomic E-state index is -0.198. The highest BCUT2D eigenvalue weighted by molar-refractivity contribution is 7.17. The van der Waals surface area contributed by atoms with Gasteiger partial charge in [0.2, 0.25) is 0 Å². The number of rotatable bonds is 3. The Hall–Kier alpha value is -0.900. The van der Waals surface area contributed by atoms with Gasteiger partial charge in [0.25, 0.3) is 0 Å². The summed E-state index contributed by atoms with van der Waals surface area (Å²) in [4.78, 5) is 0. The van der Waals surface area contributed by atoms with Crippen molar-refractivity contribution in [2.75, 3.05) is 7.11 Å². The highest BCUT2D eigenvalue weighted by Gasteiger charge is 2.41. The highest BCUT2D eigenvalue weighted by Crippen LogP contribution is 2.44. The van der Waals surface area contributed by atoms with Crippen LogP contribution in [0.4, 0.5) is 0 Å². The molecule has 0 aliphatic heterocycles. The fraction of sp³-hybridized carbons (Fsp3) is 0.529. The topological polar surface area (TPSA) is 35.2 Å². The van der Waals surface area contributed by atoms with E-state index in [0.717, 1.165) is 12.8 Å². The first-order valence-corrected chi connectivity index (χ1v) is 8.31. The van der Waals surface area contributed by atoms with Crippen LogP contribution in [0.3, 0.4) is 0 Å². The lowest BCUT2D eigenvalue weighted by atomic mass is 9.73. The van der Waals surface area contributed by atoms with Gasteiger partial charge in [0.1, 0.15) is 0 Å². The Morgan fingerprint density at radius 3 is 3.00 bits per heavy atom. The average Bonchev–Trinajstić information content (AvgIpc) is 2.94. The van der Waals surface area contributed by atoms with Gasteiger partial charge >= 0.3 is 0 Å². The molecule has 0 amide bonds. The molecule has 3 heteroatoms. The highest BCUT2D eigenvalue weighted by atomic mass is 32.1. The Morgan fingerprint density at radius 1 is 1.40 bits per heavy atom. The zero-order chi connectivity index (χ0) is 14.2. The number of fused-ring (bicyclic) bond motifs is 1. The van der Waals surface area contributed by atoms with Crippen molar-refractivity contribution in [2.24, 2.45) is 11.7 Å². The van der Waals surface area contributed by atoms with Crippen LogP contribution in [0, 0.1) is 5.92 Å². The van der Waals surface area contributed by atoms with E-state index in [-0.39, 0.29) is 11.6 Å². The lowest BCUT2D eigenvalue weighted by Crippen LogP contribution is -2.46. The summed E-state index contributed by atoms with van der Waals surface area (Å²) in [6.07, 6.45) is 4.63. The van der Waals surface area contributed by atoms with E-state index in [2.05, 4.69) is 36.6 Å². The second-order valence-electron chi connectivity index (χ2n) is 6.13. The number of nitrogens with two attached hydrogens (primary N) is 1. The van der Waals surface area contributed by atoms with Crippen molar-refractivity contribution in [3.8, 4) is 0 Å². The van der Waals surface area contributed by atoms with Gasteiger partial charge in [-0.05, 0) is 41.2 Å². The molecule has 0 saturated heterocycles. The van der Waals surface area contributed by atoms with Gasteiger partial charge in [-0.15, -0.1) is 11.3 Å². The number of methoxy groups -OCH3 is 1. The molecule has 1 aliphatic rings. The van der Waals surface area contributed by atoms with Crippen molar-refractivity contribution < 1.29 is 4.74 Å². The Kier molecular flexibility index (Phi) is 3.85. The van der Waals surface area contributed by atoms with Crippen LogP contribution < -0.4 is 5.73 Å². The van der Waals surface area contributed by atoms with Gasteiger partial charge in [-0.2, -0.15) is 0 Å². The zero-order valence-electron chi connectivity index (χ0n) is 12.3. The van der Waals surface area contributed by atoms with Gasteiger partial charge in [0.05, 0.1) is 11.6 Å². The van der Waals surface area contributed by atoms with E-state index in [9.17, 15) is 0 Å². The van der Waals surface area contributed by atoms with E-state index in [4.69, 9.17) is 10.5 Å². The molecule has 1 aliphatic carbocycles. The molecule has 3 rings (SSSR count). The molecule has 1 heterocycles. The largest absolute Gasteiger partial charge is 0.376 e. The molecule has 3 unspecified atom stereocenters. The first-order valence-electron chi connectivity index (χ1n) is 7.43. The van der Waals surface area contributed by atoms with Gasteiger partial charge in [0.15, 0.2) is 0 Å². The molecule has 108 valence electrons. The third-order valence-corrected chi connectivity index (χ3v) is 5.79. The normalized spacial score (nSPS) is 28.6. The van der Waals surface area contributed by atoms with Crippen molar-refractivity contribution in [2.45, 2.75) is 44.2 Å². The Bertz CT molecular complexity index is 593. The molecule has 0 spiro atoms. The van der Waals surface area contributed by atoms with Crippen molar-refractivity contribution in [1.29, 1.82) is 0 Å². The molecule has 1 fully saturated rings. The number of hydrogen-bond donors (Lipinski definition) is 1. The van der Waals surface area contributed by atoms with Crippen molar-refractivity contribution >= 4 is 21.4 Å². The maximum atomic E-state index is 6.68. The van der Waals surface area contributed by atoms with Crippen LogP contribution in [0.25, 0.3) is 10.1 Å². The summed E-state index contributed by atoms with van der Waals surface area (Å²) in [5, 5.41) is 3.43. The van der Waals surface area contributed by atoms with Crippen LogP contribution in [0.2, 0.25) is 0 Å². The Morgan fingerprint density at radius 2 is 2.25 bits per heavy atom. The molecule has 2 aromatic rings. The lowest BCUT2D eigenvalue weighted by molar-refractivity contribution is -0.0715. The summed E-state index contributed by atoms with van der Waals surface area (Å²) in [7, 11) is 1.83. The fourth-order valence-electron chi connectivity index (χ4n) is 3.68. The van der Waals surface area contributed by atoms with E-state index in [0.29, 0.717) is 5.92 Å². The van der Waals surface area contributed by atoms with Crippen molar-refractivity contribution in [1.82, 2.24) is 0 Å². The predicted octanol–water partition coefficient (Wildman–Crippen LogP) is 4.50. The maximum Gasteiger partial charge on any atom is 0.0873 e. The summed E-state index contributed by atoms with van der Waals surface area (Å²) in [6, 6.07) is 8.56. The number of benzene rings is 1. The van der Waals surface area contributed by atoms with E-state index in [1.54, 1.807) is 11.3 Å². The molecule has 1 aromatic carbocycles. The third-order valence-electron chi connectivity index (χ3n) is 4.81. The Balaban J connectivity index is 2.01. The van der Waals surface area contributed by atoms with E-state index in [1.807, 2.05) is 7.11 Å². The standard InChI is InChI=1S/C17H23NOS/c1-12-5-4-9-17(11-12,19-2)16(18)14-7-3-6-13-8-10-20-15(13)14/h3,6-8,10,12,16H,4-5,9,11,18H2,1-2H3. The summed E-state index contributed by atoms with van der Waals surface area (Å²) in [5.74, 6) is 0.692. The quantitative estimate of drug-likeness (QED) is 0.903. The molecule has 3 atom stereocenters. The molecule has 2 N–H and O–H groups in total. The molecule has 2 nitrogen and oxygen atoms in total. The minimum Gasteiger partial charge on any atom is -0.376 e. The number of thiophene rings is 1. The van der Waals surface area contributed by atoms with Crippen LogP contribution >= 0.6 is 11.3 Å². The summed E-state index contributed by atoms with van der Waals surface area (Å²) < 4.78 is 7.28. The van der Waals surface area contributed by atoms with Crippen LogP contribution in [-0.4, -0.2) is 12.7 Å². The van der Waals surface area contributed by atoms with Gasteiger partial charge < -0.3 is 10.5 Å². The minimum absolute atomic E-state index is 0.0439. The average molecular weight is 289 g/mol. The van der Waals surface area contributed by atoms with E-state index < -0.39 is 0 Å². The molecule has 1 aromatic heterocycles. The SMILES string of the molecule is COC1(C(N)c2cccc3ccsc23)CCCC(C)C1. The summed E-state index contributed by atoms with van der Waals surface area (Å²) in [6.45, 7) is 2.31. The van der Waals surface area contributed by atoms with Gasteiger partial charge in [-0.25, -0.2) is 0 Å². The van der Waals surface area contributed by atoms with E-state index in [1.165, 1.54) is 28.5 Å². The molecule has 1 saturated carbocycles. The fourth-order valence-corrected chi connectivity index (χ4v) is 4.64. The third kappa shape index (κ3) is 2.28. The molecule has 0 radical (unpaired) electrons. The van der Waals surface area contributed by atoms with Gasteiger partial charge in [0, 0.05) is 11.8 Å². The molecular weight excluding hydrogens is 266 g/mol. The zero-order valence-corrected chi connectivity index (χ0v) is 13.1. The Labute approximate surface area is 124 Å². The van der Waals surface area contributed by atoms with Crippen LogP contribution in [0.1, 0.15) is 44.2 Å².